The van der Waals surface area contributed by atoms with E-state index < -0.39 is 15.6 Å². The van der Waals surface area contributed by atoms with Gasteiger partial charge in [0.15, 0.2) is 0 Å². The largest absolute Gasteiger partial charge is 0.329 e. The molecule has 0 saturated carbocycles. The van der Waals surface area contributed by atoms with Crippen molar-refractivity contribution < 1.29 is 8.42 Å². The van der Waals surface area contributed by atoms with Crippen molar-refractivity contribution >= 4 is 10.0 Å². The molecule has 1 aromatic carbocycles. The number of hydrogen-bond acceptors (Lipinski definition) is 3. The second-order valence-electron chi connectivity index (χ2n) is 4.94. The van der Waals surface area contributed by atoms with E-state index in [1.807, 2.05) is 31.2 Å². The van der Waals surface area contributed by atoms with Crippen LogP contribution in [0, 0.1) is 6.92 Å². The molecule has 17 heavy (non-hydrogen) atoms. The monoisotopic (exact) mass is 256 g/mol. The first-order chi connectivity index (χ1) is 7.74. The molecule has 0 atom stereocenters. The average Bonchev–Trinajstić information content (AvgIpc) is 2.15. The molecule has 0 aromatic heterocycles. The average molecular weight is 256 g/mol. The molecule has 0 fully saturated rings. The van der Waals surface area contributed by atoms with Crippen LogP contribution < -0.4 is 10.5 Å². The Morgan fingerprint density at radius 1 is 1.35 bits per heavy atom. The Labute approximate surface area is 103 Å². The van der Waals surface area contributed by atoms with Crippen molar-refractivity contribution in [2.75, 3.05) is 6.54 Å². The lowest BCUT2D eigenvalue weighted by atomic mass is 10.1. The standard InChI is InChI=1S/C12H20N2O2S/c1-10-5-4-6-11(7-10)8-17(15,16)14-12(2,3)9-13/h4-7,14H,8-9,13H2,1-3H3. The molecule has 96 valence electrons. The van der Waals surface area contributed by atoms with Crippen molar-refractivity contribution in [3.63, 3.8) is 0 Å². The fourth-order valence-electron chi connectivity index (χ4n) is 1.52. The second-order valence-corrected chi connectivity index (χ2v) is 6.66. The number of nitrogens with one attached hydrogen (secondary N) is 1. The highest BCUT2D eigenvalue weighted by molar-refractivity contribution is 7.88. The first-order valence-corrected chi connectivity index (χ1v) is 7.17. The molecular weight excluding hydrogens is 236 g/mol. The summed E-state index contributed by atoms with van der Waals surface area (Å²) in [6.07, 6.45) is 0. The van der Waals surface area contributed by atoms with Crippen LogP contribution in [-0.2, 0) is 15.8 Å². The highest BCUT2D eigenvalue weighted by Gasteiger charge is 2.23. The van der Waals surface area contributed by atoms with Gasteiger partial charge in [-0.15, -0.1) is 0 Å². The summed E-state index contributed by atoms with van der Waals surface area (Å²) in [6.45, 7) is 5.73. The smallest absolute Gasteiger partial charge is 0.216 e. The van der Waals surface area contributed by atoms with E-state index in [2.05, 4.69) is 4.72 Å². The Hall–Kier alpha value is -0.910. The van der Waals surface area contributed by atoms with Crippen LogP contribution in [0.5, 0.6) is 0 Å². The summed E-state index contributed by atoms with van der Waals surface area (Å²) in [7, 11) is -3.35. The van der Waals surface area contributed by atoms with Crippen molar-refractivity contribution in [3.8, 4) is 0 Å². The second kappa shape index (κ2) is 5.16. The van der Waals surface area contributed by atoms with Crippen molar-refractivity contribution in [1.29, 1.82) is 0 Å². The Bertz CT molecular complexity index is 481. The van der Waals surface area contributed by atoms with Crippen molar-refractivity contribution in [2.24, 2.45) is 5.73 Å². The Morgan fingerprint density at radius 2 is 2.00 bits per heavy atom. The third kappa shape index (κ3) is 4.85. The minimum absolute atomic E-state index is 0.0158. The summed E-state index contributed by atoms with van der Waals surface area (Å²) in [5.41, 5.74) is 6.73. The lowest BCUT2D eigenvalue weighted by Crippen LogP contribution is -2.49. The minimum atomic E-state index is -3.35. The molecule has 0 aliphatic heterocycles. The summed E-state index contributed by atoms with van der Waals surface area (Å²) in [4.78, 5) is 0. The molecule has 5 heteroatoms. The number of hydrogen-bond donors (Lipinski definition) is 2. The van der Waals surface area contributed by atoms with E-state index in [4.69, 9.17) is 5.73 Å². The van der Waals surface area contributed by atoms with Gasteiger partial charge in [-0.05, 0) is 26.3 Å². The normalized spacial score (nSPS) is 12.7. The quantitative estimate of drug-likeness (QED) is 0.830. The van der Waals surface area contributed by atoms with Crippen LogP contribution in [0.2, 0.25) is 0 Å². The maximum Gasteiger partial charge on any atom is 0.216 e. The van der Waals surface area contributed by atoms with Crippen LogP contribution >= 0.6 is 0 Å². The molecule has 3 N–H and O–H groups in total. The van der Waals surface area contributed by atoms with Gasteiger partial charge < -0.3 is 5.73 Å². The van der Waals surface area contributed by atoms with Gasteiger partial charge in [-0.1, -0.05) is 29.8 Å². The van der Waals surface area contributed by atoms with E-state index in [1.165, 1.54) is 0 Å². The Balaban J connectivity index is 2.81. The number of benzene rings is 1. The minimum Gasteiger partial charge on any atom is -0.329 e. The van der Waals surface area contributed by atoms with Gasteiger partial charge in [0.05, 0.1) is 5.75 Å². The van der Waals surface area contributed by atoms with Gasteiger partial charge in [0.2, 0.25) is 10.0 Å². The maximum atomic E-state index is 11.9. The van der Waals surface area contributed by atoms with Gasteiger partial charge in [-0.2, -0.15) is 0 Å². The number of sulfonamides is 1. The fraction of sp³-hybridized carbons (Fsp3) is 0.500. The molecule has 0 aliphatic rings. The van der Waals surface area contributed by atoms with Gasteiger partial charge in [0.25, 0.3) is 0 Å². The van der Waals surface area contributed by atoms with Gasteiger partial charge >= 0.3 is 0 Å². The summed E-state index contributed by atoms with van der Waals surface area (Å²) >= 11 is 0. The SMILES string of the molecule is Cc1cccc(CS(=O)(=O)NC(C)(C)CN)c1. The number of aryl methyl sites for hydroxylation is 1. The lowest BCUT2D eigenvalue weighted by molar-refractivity contribution is 0.462. The molecule has 0 bridgehead atoms. The van der Waals surface area contributed by atoms with Crippen LogP contribution in [0.15, 0.2) is 24.3 Å². The van der Waals surface area contributed by atoms with Crippen molar-refractivity contribution in [1.82, 2.24) is 4.72 Å². The van der Waals surface area contributed by atoms with Gasteiger partial charge in [0, 0.05) is 12.1 Å². The van der Waals surface area contributed by atoms with Gasteiger partial charge in [-0.3, -0.25) is 0 Å². The van der Waals surface area contributed by atoms with E-state index in [0.717, 1.165) is 11.1 Å². The van der Waals surface area contributed by atoms with Crippen LogP contribution in [0.3, 0.4) is 0 Å². The Morgan fingerprint density at radius 3 is 2.53 bits per heavy atom. The highest BCUT2D eigenvalue weighted by atomic mass is 32.2. The molecule has 0 spiro atoms. The summed E-state index contributed by atoms with van der Waals surface area (Å²) < 4.78 is 26.4. The molecule has 0 amide bonds. The molecule has 1 aromatic rings. The zero-order valence-electron chi connectivity index (χ0n) is 10.5. The molecule has 1 rings (SSSR count). The van der Waals surface area contributed by atoms with E-state index in [9.17, 15) is 8.42 Å². The van der Waals surface area contributed by atoms with E-state index in [1.54, 1.807) is 13.8 Å². The maximum absolute atomic E-state index is 11.9. The summed E-state index contributed by atoms with van der Waals surface area (Å²) in [6, 6.07) is 7.47. The van der Waals surface area contributed by atoms with Gasteiger partial charge in [0.1, 0.15) is 0 Å². The fourth-order valence-corrected chi connectivity index (χ4v) is 3.14. The van der Waals surface area contributed by atoms with E-state index >= 15 is 0 Å². The van der Waals surface area contributed by atoms with Crippen LogP contribution in [0.25, 0.3) is 0 Å². The summed E-state index contributed by atoms with van der Waals surface area (Å²) in [5, 5.41) is 0. The molecule has 0 unspecified atom stereocenters. The van der Waals surface area contributed by atoms with E-state index in [-0.39, 0.29) is 12.3 Å². The number of nitrogens with two attached hydrogens (primary N) is 1. The topological polar surface area (TPSA) is 72.2 Å². The molecule has 4 nitrogen and oxygen atoms in total. The van der Waals surface area contributed by atoms with Crippen LogP contribution in [0.4, 0.5) is 0 Å². The molecular formula is C12H20N2O2S. The van der Waals surface area contributed by atoms with Crippen LogP contribution in [0.1, 0.15) is 25.0 Å². The van der Waals surface area contributed by atoms with Crippen molar-refractivity contribution in [2.45, 2.75) is 32.1 Å². The first kappa shape index (κ1) is 14.2. The zero-order valence-corrected chi connectivity index (χ0v) is 11.3. The predicted octanol–water partition coefficient (Wildman–Crippen LogP) is 1.15. The molecule has 0 saturated heterocycles. The molecule has 0 radical (unpaired) electrons. The highest BCUT2D eigenvalue weighted by Crippen LogP contribution is 2.10. The third-order valence-corrected chi connectivity index (χ3v) is 3.96. The van der Waals surface area contributed by atoms with Crippen molar-refractivity contribution in [3.05, 3.63) is 35.4 Å². The van der Waals surface area contributed by atoms with Gasteiger partial charge in [-0.25, -0.2) is 13.1 Å². The predicted molar refractivity (Wildman–Crippen MR) is 70.1 cm³/mol. The lowest BCUT2D eigenvalue weighted by Gasteiger charge is -2.23. The third-order valence-electron chi connectivity index (χ3n) is 2.38. The van der Waals surface area contributed by atoms with E-state index in [0.29, 0.717) is 0 Å². The Kier molecular flexibility index (Phi) is 4.30. The first-order valence-electron chi connectivity index (χ1n) is 5.51. The summed E-state index contributed by atoms with van der Waals surface area (Å²) in [5.74, 6) is -0.0158. The van der Waals surface area contributed by atoms with Crippen LogP contribution in [-0.4, -0.2) is 20.5 Å². The molecule has 0 aliphatic carbocycles. The zero-order chi connectivity index (χ0) is 13.1. The molecule has 0 heterocycles. The number of rotatable bonds is 5.